The van der Waals surface area contributed by atoms with Crippen LogP contribution in [0.4, 0.5) is 0 Å². The lowest BCUT2D eigenvalue weighted by atomic mass is 9.82. The van der Waals surface area contributed by atoms with Gasteiger partial charge in [-0.2, -0.15) is 0 Å². The summed E-state index contributed by atoms with van der Waals surface area (Å²) in [6.45, 7) is -0.0150. The van der Waals surface area contributed by atoms with Crippen LogP contribution in [0.2, 0.25) is 0 Å². The third kappa shape index (κ3) is 3.98. The largest absolute Gasteiger partial charge is 0.476 e. The summed E-state index contributed by atoms with van der Waals surface area (Å²) >= 11 is 0. The molecule has 1 aliphatic carbocycles. The van der Waals surface area contributed by atoms with Crippen LogP contribution in [0.5, 0.6) is 0 Å². The maximum Gasteiger partial charge on any atom is 0.358 e. The fourth-order valence-corrected chi connectivity index (χ4v) is 3.19. The van der Waals surface area contributed by atoms with Crippen LogP contribution in [0, 0.1) is 0 Å². The topological polar surface area (TPSA) is 97.1 Å². The summed E-state index contributed by atoms with van der Waals surface area (Å²) in [6.07, 6.45) is 5.27. The van der Waals surface area contributed by atoms with Crippen LogP contribution in [-0.2, 0) is 11.3 Å². The van der Waals surface area contributed by atoms with Crippen LogP contribution in [0.3, 0.4) is 0 Å². The molecular weight excluding hydrogens is 308 g/mol. The van der Waals surface area contributed by atoms with E-state index >= 15 is 0 Å². The number of carboxylic acid groups (broad SMARTS) is 1. The number of nitrogens with zero attached hydrogens (tertiary/aromatic N) is 3. The molecule has 24 heavy (non-hydrogen) atoms. The van der Waals surface area contributed by atoms with Crippen molar-refractivity contribution in [1.29, 1.82) is 0 Å². The maximum atomic E-state index is 12.1. The summed E-state index contributed by atoms with van der Waals surface area (Å²) in [5, 5.41) is 18.9. The highest BCUT2D eigenvalue weighted by Gasteiger charge is 2.23. The second-order valence-electron chi connectivity index (χ2n) is 6.13. The fourth-order valence-electron chi connectivity index (χ4n) is 3.19. The molecule has 0 unspecified atom stereocenters. The molecule has 2 N–H and O–H groups in total. The zero-order chi connectivity index (χ0) is 16.9. The van der Waals surface area contributed by atoms with E-state index in [1.807, 2.05) is 6.07 Å². The average molecular weight is 328 g/mol. The number of aromatic nitrogens is 3. The van der Waals surface area contributed by atoms with Crippen molar-refractivity contribution in [3.8, 4) is 0 Å². The molecule has 2 aromatic rings. The van der Waals surface area contributed by atoms with Gasteiger partial charge in [0.2, 0.25) is 5.91 Å². The predicted octanol–water partition coefficient (Wildman–Crippen LogP) is 1.82. The van der Waals surface area contributed by atoms with Crippen molar-refractivity contribution in [3.05, 3.63) is 47.8 Å². The van der Waals surface area contributed by atoms with Gasteiger partial charge < -0.3 is 10.4 Å². The lowest BCUT2D eigenvalue weighted by molar-refractivity contribution is -0.122. The van der Waals surface area contributed by atoms with E-state index in [-0.39, 0.29) is 24.2 Å². The van der Waals surface area contributed by atoms with Crippen molar-refractivity contribution in [3.63, 3.8) is 0 Å². The zero-order valence-corrected chi connectivity index (χ0v) is 13.3. The van der Waals surface area contributed by atoms with Gasteiger partial charge in [0.05, 0.1) is 6.20 Å². The molecule has 0 bridgehead atoms. The molecule has 7 heteroatoms. The van der Waals surface area contributed by atoms with Crippen LogP contribution >= 0.6 is 0 Å². The van der Waals surface area contributed by atoms with Gasteiger partial charge in [-0.15, -0.1) is 5.10 Å². The minimum Gasteiger partial charge on any atom is -0.476 e. The molecule has 1 fully saturated rings. The van der Waals surface area contributed by atoms with E-state index in [1.165, 1.54) is 16.4 Å². The minimum atomic E-state index is -1.15. The summed E-state index contributed by atoms with van der Waals surface area (Å²) in [5.41, 5.74) is 1.21. The van der Waals surface area contributed by atoms with Crippen LogP contribution in [-0.4, -0.2) is 38.0 Å². The highest BCUT2D eigenvalue weighted by Crippen LogP contribution is 2.32. The van der Waals surface area contributed by atoms with Gasteiger partial charge in [0.25, 0.3) is 0 Å². The van der Waals surface area contributed by atoms with Crippen molar-refractivity contribution in [1.82, 2.24) is 20.3 Å². The van der Waals surface area contributed by atoms with Crippen LogP contribution in [0.15, 0.2) is 36.5 Å². The molecule has 0 atom stereocenters. The summed E-state index contributed by atoms with van der Waals surface area (Å²) < 4.78 is 1.24. The van der Waals surface area contributed by atoms with E-state index < -0.39 is 5.97 Å². The Balaban J connectivity index is 1.47. The number of nitrogens with one attached hydrogen (secondary N) is 1. The summed E-state index contributed by atoms with van der Waals surface area (Å²) in [4.78, 5) is 22.8. The molecule has 1 heterocycles. The van der Waals surface area contributed by atoms with Gasteiger partial charge in [0.1, 0.15) is 6.54 Å². The first-order valence-corrected chi connectivity index (χ1v) is 8.09. The highest BCUT2D eigenvalue weighted by atomic mass is 16.4. The van der Waals surface area contributed by atoms with Crippen molar-refractivity contribution in [2.24, 2.45) is 0 Å². The number of hydrogen-bond donors (Lipinski definition) is 2. The Labute approximate surface area is 139 Å². The normalized spacial score (nSPS) is 20.5. The quantitative estimate of drug-likeness (QED) is 0.872. The number of hydrogen-bond acceptors (Lipinski definition) is 4. The monoisotopic (exact) mass is 328 g/mol. The third-order valence-electron chi connectivity index (χ3n) is 4.43. The zero-order valence-electron chi connectivity index (χ0n) is 13.3. The minimum absolute atomic E-state index is 0.0150. The Morgan fingerprint density at radius 2 is 1.88 bits per heavy atom. The molecule has 1 aromatic carbocycles. The fraction of sp³-hybridized carbons (Fsp3) is 0.412. The molecule has 126 valence electrons. The molecule has 0 saturated heterocycles. The molecule has 0 radical (unpaired) electrons. The van der Waals surface area contributed by atoms with Crippen molar-refractivity contribution in [2.75, 3.05) is 0 Å². The van der Waals surface area contributed by atoms with E-state index in [0.29, 0.717) is 5.92 Å². The Bertz CT molecular complexity index is 706. The molecule has 1 amide bonds. The van der Waals surface area contributed by atoms with Crippen molar-refractivity contribution < 1.29 is 14.7 Å². The number of carbonyl (C=O) groups excluding carboxylic acids is 1. The molecule has 1 saturated carbocycles. The number of carbonyl (C=O) groups is 2. The molecule has 3 rings (SSSR count). The molecule has 1 aromatic heterocycles. The number of amides is 1. The Hall–Kier alpha value is -2.70. The standard InChI is InChI=1S/C17H20N4O3/c22-16(11-21-10-15(17(23)24)19-20-21)18-14-8-6-13(7-9-14)12-4-2-1-3-5-12/h1-5,10,13-14H,6-9,11H2,(H,18,22)(H,23,24). The third-order valence-corrected chi connectivity index (χ3v) is 4.43. The Kier molecular flexibility index (Phi) is 4.88. The van der Waals surface area contributed by atoms with Crippen molar-refractivity contribution in [2.45, 2.75) is 44.2 Å². The van der Waals surface area contributed by atoms with E-state index in [1.54, 1.807) is 0 Å². The lowest BCUT2D eigenvalue weighted by Crippen LogP contribution is -2.39. The Morgan fingerprint density at radius 1 is 1.17 bits per heavy atom. The summed E-state index contributed by atoms with van der Waals surface area (Å²) in [5.74, 6) is -0.756. The van der Waals surface area contributed by atoms with Gasteiger partial charge in [-0.05, 0) is 37.2 Å². The number of aromatic carboxylic acids is 1. The van der Waals surface area contributed by atoms with Gasteiger partial charge in [-0.3, -0.25) is 4.79 Å². The summed E-state index contributed by atoms with van der Waals surface area (Å²) in [7, 11) is 0. The van der Waals surface area contributed by atoms with E-state index in [4.69, 9.17) is 5.11 Å². The first kappa shape index (κ1) is 16.2. The number of carboxylic acids is 1. The smallest absolute Gasteiger partial charge is 0.358 e. The maximum absolute atomic E-state index is 12.1. The Morgan fingerprint density at radius 3 is 2.50 bits per heavy atom. The van der Waals surface area contributed by atoms with Gasteiger partial charge in [-0.25, -0.2) is 9.48 Å². The molecule has 0 spiro atoms. The molecular formula is C17H20N4O3. The molecule has 1 aliphatic rings. The van der Waals surface area contributed by atoms with E-state index in [9.17, 15) is 9.59 Å². The number of rotatable bonds is 5. The van der Waals surface area contributed by atoms with Crippen LogP contribution < -0.4 is 5.32 Å². The lowest BCUT2D eigenvalue weighted by Gasteiger charge is -2.29. The van der Waals surface area contributed by atoms with E-state index in [0.717, 1.165) is 25.7 Å². The van der Waals surface area contributed by atoms with E-state index in [2.05, 4.69) is 39.9 Å². The van der Waals surface area contributed by atoms with Crippen molar-refractivity contribution >= 4 is 11.9 Å². The SMILES string of the molecule is O=C(Cn1cc(C(=O)O)nn1)NC1CCC(c2ccccc2)CC1. The van der Waals surface area contributed by atoms with Crippen LogP contribution in [0.25, 0.3) is 0 Å². The summed E-state index contributed by atoms with van der Waals surface area (Å²) in [6, 6.07) is 10.6. The molecule has 7 nitrogen and oxygen atoms in total. The van der Waals surface area contributed by atoms with Gasteiger partial charge in [0.15, 0.2) is 5.69 Å². The predicted molar refractivity (Wildman–Crippen MR) is 86.6 cm³/mol. The van der Waals surface area contributed by atoms with Gasteiger partial charge in [0, 0.05) is 6.04 Å². The highest BCUT2D eigenvalue weighted by molar-refractivity contribution is 5.84. The first-order chi connectivity index (χ1) is 11.6. The number of benzene rings is 1. The van der Waals surface area contributed by atoms with Gasteiger partial charge in [-0.1, -0.05) is 35.5 Å². The second-order valence-corrected chi connectivity index (χ2v) is 6.13. The van der Waals surface area contributed by atoms with Crippen LogP contribution in [0.1, 0.15) is 47.7 Å². The average Bonchev–Trinajstić information content (AvgIpc) is 3.05. The first-order valence-electron chi connectivity index (χ1n) is 8.09. The second kappa shape index (κ2) is 7.25. The molecule has 0 aliphatic heterocycles. The van der Waals surface area contributed by atoms with Gasteiger partial charge >= 0.3 is 5.97 Å².